The van der Waals surface area contributed by atoms with Gasteiger partial charge in [0.05, 0.1) is 5.69 Å². The van der Waals surface area contributed by atoms with E-state index in [2.05, 4.69) is 5.32 Å². The maximum Gasteiger partial charge on any atom is 0.304 e. The zero-order valence-corrected chi connectivity index (χ0v) is 22.0. The Kier molecular flexibility index (Phi) is 9.79. The van der Waals surface area contributed by atoms with Crippen LogP contribution < -0.4 is 9.62 Å². The predicted molar refractivity (Wildman–Crippen MR) is 136 cm³/mol. The highest BCUT2D eigenvalue weighted by Crippen LogP contribution is 2.26. The molecule has 0 heterocycles. The zero-order valence-electron chi connectivity index (χ0n) is 21.2. The van der Waals surface area contributed by atoms with Gasteiger partial charge in [-0.1, -0.05) is 37.3 Å². The van der Waals surface area contributed by atoms with Crippen LogP contribution in [0.2, 0.25) is 0 Å². The average Bonchev–Trinajstić information content (AvgIpc) is 2.81. The molecule has 1 N–H and O–H groups in total. The summed E-state index contributed by atoms with van der Waals surface area (Å²) in [5, 5.41) is 2.75. The summed E-state index contributed by atoms with van der Waals surface area (Å²) in [4.78, 5) is 27.6. The van der Waals surface area contributed by atoms with Gasteiger partial charge in [-0.3, -0.25) is 9.59 Å². The van der Waals surface area contributed by atoms with Crippen LogP contribution in [0.1, 0.15) is 37.0 Å². The minimum absolute atomic E-state index is 0.186. The molecule has 2 aromatic carbocycles. The quantitative estimate of drug-likeness (QED) is 0.507. The molecule has 35 heavy (non-hydrogen) atoms. The molecule has 1 atom stereocenters. The molecule has 2 amide bonds. The average molecular weight is 507 g/mol. The lowest BCUT2D eigenvalue weighted by atomic mass is 10.1. The molecule has 0 bridgehead atoms. The largest absolute Gasteiger partial charge is 0.354 e. The molecule has 0 fully saturated rings. The third kappa shape index (κ3) is 7.02. The van der Waals surface area contributed by atoms with E-state index in [9.17, 15) is 22.4 Å². The first-order chi connectivity index (χ1) is 16.4. The predicted octanol–water partition coefficient (Wildman–Crippen LogP) is 3.00. The van der Waals surface area contributed by atoms with E-state index >= 15 is 0 Å². The summed E-state index contributed by atoms with van der Waals surface area (Å²) in [5.74, 6) is -1.54. The number of carbonyl (C=O) groups excluding carboxylic acids is 2. The second-order valence-electron chi connectivity index (χ2n) is 8.67. The summed E-state index contributed by atoms with van der Waals surface area (Å²) >= 11 is 0. The number of hydrogen-bond acceptors (Lipinski definition) is 4. The second kappa shape index (κ2) is 12.1. The van der Waals surface area contributed by atoms with Crippen LogP contribution in [0, 0.1) is 19.7 Å². The third-order valence-corrected chi connectivity index (χ3v) is 7.47. The molecule has 10 heteroatoms. The van der Waals surface area contributed by atoms with E-state index in [1.807, 2.05) is 19.9 Å². The zero-order chi connectivity index (χ0) is 26.3. The van der Waals surface area contributed by atoms with Crippen molar-refractivity contribution in [2.24, 2.45) is 0 Å². The van der Waals surface area contributed by atoms with Crippen molar-refractivity contribution in [1.82, 2.24) is 14.5 Å². The fraction of sp³-hybridized carbons (Fsp3) is 0.440. The molecule has 192 valence electrons. The number of nitrogens with one attached hydrogen (secondary N) is 1. The molecule has 8 nitrogen and oxygen atoms in total. The van der Waals surface area contributed by atoms with Crippen LogP contribution in [-0.2, 0) is 26.3 Å². The fourth-order valence-corrected chi connectivity index (χ4v) is 4.59. The Morgan fingerprint density at radius 2 is 1.74 bits per heavy atom. The molecule has 2 aromatic rings. The monoisotopic (exact) mass is 506 g/mol. The van der Waals surface area contributed by atoms with Crippen LogP contribution in [0.3, 0.4) is 0 Å². The molecule has 1 unspecified atom stereocenters. The fourth-order valence-electron chi connectivity index (χ4n) is 3.48. The first-order valence-electron chi connectivity index (χ1n) is 11.5. The van der Waals surface area contributed by atoms with E-state index in [0.717, 1.165) is 14.2 Å². The Hall–Kier alpha value is -2.98. The summed E-state index contributed by atoms with van der Waals surface area (Å²) < 4.78 is 43.0. The maximum atomic E-state index is 14.4. The number of hydrogen-bond donors (Lipinski definition) is 1. The Morgan fingerprint density at radius 3 is 2.34 bits per heavy atom. The number of anilines is 1. The van der Waals surface area contributed by atoms with Gasteiger partial charge in [-0.25, -0.2) is 8.70 Å². The molecule has 0 radical (unpaired) electrons. The lowest BCUT2D eigenvalue weighted by Gasteiger charge is -2.33. The van der Waals surface area contributed by atoms with E-state index in [4.69, 9.17) is 0 Å². The molecular weight excluding hydrogens is 471 g/mol. The molecule has 2 rings (SSSR count). The van der Waals surface area contributed by atoms with Crippen molar-refractivity contribution in [1.29, 1.82) is 0 Å². The number of halogens is 1. The smallest absolute Gasteiger partial charge is 0.304 e. The van der Waals surface area contributed by atoms with Crippen molar-refractivity contribution in [2.45, 2.75) is 46.7 Å². The number of amides is 2. The molecule has 0 saturated heterocycles. The highest BCUT2D eigenvalue weighted by Gasteiger charge is 2.33. The molecule has 0 aromatic heterocycles. The summed E-state index contributed by atoms with van der Waals surface area (Å²) in [5.41, 5.74) is 2.08. The number of carbonyl (C=O) groups is 2. The van der Waals surface area contributed by atoms with Crippen molar-refractivity contribution in [2.75, 3.05) is 31.5 Å². The topological polar surface area (TPSA) is 90.0 Å². The lowest BCUT2D eigenvalue weighted by molar-refractivity contribution is -0.139. The first-order valence-corrected chi connectivity index (χ1v) is 12.9. The van der Waals surface area contributed by atoms with Crippen LogP contribution in [-0.4, -0.2) is 62.7 Å². The van der Waals surface area contributed by atoms with E-state index < -0.39 is 40.4 Å². The molecule has 0 spiro atoms. The van der Waals surface area contributed by atoms with Crippen molar-refractivity contribution < 1.29 is 22.4 Å². The molecule has 0 aliphatic carbocycles. The normalized spacial score (nSPS) is 12.3. The summed E-state index contributed by atoms with van der Waals surface area (Å²) in [6.07, 6.45) is 0.710. The number of rotatable bonds is 11. The van der Waals surface area contributed by atoms with Crippen molar-refractivity contribution in [3.05, 3.63) is 65.0 Å². The van der Waals surface area contributed by atoms with E-state index in [-0.39, 0.29) is 12.1 Å². The molecule has 0 aliphatic rings. The standard InChI is InChI=1S/C25H35FN4O4S/c1-7-14-27-25(32)20(4)29(16-21-10-8-9-11-22(21)26)24(31)17-30(35(33,34)28(5)6)23-15-18(2)12-13-19(23)3/h8-13,15,20H,7,14,16-17H2,1-6H3,(H,27,32). The minimum Gasteiger partial charge on any atom is -0.354 e. The van der Waals surface area contributed by atoms with Crippen molar-refractivity contribution in [3.63, 3.8) is 0 Å². The van der Waals surface area contributed by atoms with E-state index in [1.165, 1.54) is 37.2 Å². The van der Waals surface area contributed by atoms with Gasteiger partial charge >= 0.3 is 10.2 Å². The van der Waals surface area contributed by atoms with Crippen LogP contribution in [0.4, 0.5) is 10.1 Å². The second-order valence-corrected chi connectivity index (χ2v) is 10.7. The number of benzene rings is 2. The van der Waals surface area contributed by atoms with E-state index in [1.54, 1.807) is 32.0 Å². The molecular formula is C25H35FN4O4S. The number of nitrogens with zero attached hydrogens (tertiary/aromatic N) is 3. The van der Waals surface area contributed by atoms with Gasteiger partial charge in [0.25, 0.3) is 0 Å². The van der Waals surface area contributed by atoms with Gasteiger partial charge < -0.3 is 10.2 Å². The van der Waals surface area contributed by atoms with Gasteiger partial charge in [0, 0.05) is 32.7 Å². The van der Waals surface area contributed by atoms with Crippen molar-refractivity contribution >= 4 is 27.7 Å². The Balaban J connectivity index is 2.51. The highest BCUT2D eigenvalue weighted by atomic mass is 32.2. The Bertz CT molecular complexity index is 1150. The summed E-state index contributed by atoms with van der Waals surface area (Å²) in [6.45, 7) is 6.73. The third-order valence-electron chi connectivity index (χ3n) is 5.67. The van der Waals surface area contributed by atoms with E-state index in [0.29, 0.717) is 24.2 Å². The minimum atomic E-state index is -4.06. The molecule has 0 saturated carbocycles. The Labute approximate surface area is 207 Å². The van der Waals surface area contributed by atoms with Gasteiger partial charge in [-0.05, 0) is 50.5 Å². The highest BCUT2D eigenvalue weighted by molar-refractivity contribution is 7.90. The first kappa shape index (κ1) is 28.3. The Morgan fingerprint density at radius 1 is 1.09 bits per heavy atom. The van der Waals surface area contributed by atoms with Crippen LogP contribution >= 0.6 is 0 Å². The van der Waals surface area contributed by atoms with Crippen LogP contribution in [0.15, 0.2) is 42.5 Å². The summed E-state index contributed by atoms with van der Waals surface area (Å²) in [6, 6.07) is 10.4. The number of aryl methyl sites for hydroxylation is 2. The van der Waals surface area contributed by atoms with Gasteiger partial charge in [0.1, 0.15) is 18.4 Å². The van der Waals surface area contributed by atoms with Gasteiger partial charge in [0.15, 0.2) is 0 Å². The van der Waals surface area contributed by atoms with Gasteiger partial charge in [-0.2, -0.15) is 12.7 Å². The molecule has 0 aliphatic heterocycles. The van der Waals surface area contributed by atoms with Crippen molar-refractivity contribution in [3.8, 4) is 0 Å². The van der Waals surface area contributed by atoms with Gasteiger partial charge in [0.2, 0.25) is 11.8 Å². The van der Waals surface area contributed by atoms with Crippen LogP contribution in [0.25, 0.3) is 0 Å². The van der Waals surface area contributed by atoms with Crippen LogP contribution in [0.5, 0.6) is 0 Å². The lowest BCUT2D eigenvalue weighted by Crippen LogP contribution is -2.52. The SMILES string of the molecule is CCCNC(=O)C(C)N(Cc1ccccc1F)C(=O)CN(c1cc(C)ccc1C)S(=O)(=O)N(C)C. The maximum absolute atomic E-state index is 14.4. The van der Waals surface area contributed by atoms with Gasteiger partial charge in [-0.15, -0.1) is 0 Å². The summed E-state index contributed by atoms with van der Waals surface area (Å²) in [7, 11) is -1.29.